The smallest absolute Gasteiger partial charge is 0.151 e. The summed E-state index contributed by atoms with van der Waals surface area (Å²) >= 11 is 0. The standard InChI is InChI=1S/C12H18O2S.C10H14.2C5H12/c1-12(2,3)11-7-5-10(6-8-11)9-15(4,13)14;1-10(2,3)9-7-5-4-6-8-9;2*1-5(2,3)4/h5-8H,9H2,1-4H3;4-8H,1-3H3;2*1-4H3. The van der Waals surface area contributed by atoms with Gasteiger partial charge in [-0.05, 0) is 38.4 Å². The number of rotatable bonds is 2. The van der Waals surface area contributed by atoms with Crippen molar-refractivity contribution in [2.24, 2.45) is 10.8 Å². The van der Waals surface area contributed by atoms with Crippen LogP contribution in [-0.4, -0.2) is 14.7 Å². The molecule has 0 fully saturated rings. The number of benzene rings is 2. The lowest BCUT2D eigenvalue weighted by atomic mass is 9.87. The largest absolute Gasteiger partial charge is 0.229 e. The molecule has 3 heteroatoms. The first-order chi connectivity index (χ1) is 15.3. The Labute approximate surface area is 219 Å². The fourth-order valence-corrected chi connectivity index (χ4v) is 3.14. The Bertz CT molecular complexity index is 887. The van der Waals surface area contributed by atoms with Gasteiger partial charge in [-0.3, -0.25) is 0 Å². The van der Waals surface area contributed by atoms with E-state index in [1.165, 1.54) is 17.4 Å². The topological polar surface area (TPSA) is 34.1 Å². The molecule has 0 amide bonds. The van der Waals surface area contributed by atoms with Crippen molar-refractivity contribution in [2.45, 2.75) is 114 Å². The lowest BCUT2D eigenvalue weighted by molar-refractivity contribution is 0.469. The Kier molecular flexibility index (Phi) is 14.4. The van der Waals surface area contributed by atoms with Crippen LogP contribution in [-0.2, 0) is 26.4 Å². The van der Waals surface area contributed by atoms with E-state index >= 15 is 0 Å². The average molecular weight is 505 g/mol. The predicted octanol–water partition coefficient (Wildman–Crippen LogP) is 9.62. The maximum absolute atomic E-state index is 11.1. The molecule has 202 valence electrons. The zero-order chi connectivity index (χ0) is 28.3. The van der Waals surface area contributed by atoms with Gasteiger partial charge in [0.15, 0.2) is 9.84 Å². The third-order valence-corrected chi connectivity index (χ3v) is 4.75. The van der Waals surface area contributed by atoms with Crippen LogP contribution in [0.2, 0.25) is 0 Å². The minimum Gasteiger partial charge on any atom is -0.229 e. The van der Waals surface area contributed by atoms with E-state index in [4.69, 9.17) is 0 Å². The predicted molar refractivity (Wildman–Crippen MR) is 159 cm³/mol. The van der Waals surface area contributed by atoms with Gasteiger partial charge in [0.25, 0.3) is 0 Å². The summed E-state index contributed by atoms with van der Waals surface area (Å²) in [4.78, 5) is 0. The second kappa shape index (κ2) is 14.2. The first-order valence-electron chi connectivity index (χ1n) is 12.6. The van der Waals surface area contributed by atoms with Gasteiger partial charge in [0.2, 0.25) is 0 Å². The fraction of sp³-hybridized carbons (Fsp3) is 0.625. The van der Waals surface area contributed by atoms with Crippen LogP contribution < -0.4 is 0 Å². The third-order valence-electron chi connectivity index (χ3n) is 3.89. The molecule has 0 radical (unpaired) electrons. The van der Waals surface area contributed by atoms with E-state index in [0.717, 1.165) is 5.56 Å². The molecule has 0 bridgehead atoms. The van der Waals surface area contributed by atoms with Crippen LogP contribution in [0.25, 0.3) is 0 Å². The average Bonchev–Trinajstić information content (AvgIpc) is 2.58. The van der Waals surface area contributed by atoms with Gasteiger partial charge in [-0.15, -0.1) is 0 Å². The minimum atomic E-state index is -2.93. The molecule has 0 unspecified atom stereocenters. The molecule has 2 rings (SSSR count). The van der Waals surface area contributed by atoms with E-state index in [2.05, 4.69) is 127 Å². The third kappa shape index (κ3) is 26.8. The Morgan fingerprint density at radius 1 is 0.514 bits per heavy atom. The summed E-state index contributed by atoms with van der Waals surface area (Å²) in [5, 5.41) is 0. The molecule has 0 atom stereocenters. The molecule has 0 spiro atoms. The summed E-state index contributed by atoms with van der Waals surface area (Å²) in [7, 11) is -2.93. The molecule has 0 heterocycles. The molecule has 0 N–H and O–H groups in total. The van der Waals surface area contributed by atoms with E-state index in [-0.39, 0.29) is 11.2 Å². The number of hydrogen-bond acceptors (Lipinski definition) is 2. The van der Waals surface area contributed by atoms with Crippen LogP contribution in [0.4, 0.5) is 0 Å². The molecule has 0 saturated carbocycles. The van der Waals surface area contributed by atoms with Crippen molar-refractivity contribution in [1.82, 2.24) is 0 Å². The van der Waals surface area contributed by atoms with Gasteiger partial charge < -0.3 is 0 Å². The molecule has 0 aliphatic heterocycles. The lowest BCUT2D eigenvalue weighted by Crippen LogP contribution is -2.11. The number of sulfone groups is 1. The van der Waals surface area contributed by atoms with Crippen molar-refractivity contribution < 1.29 is 8.42 Å². The first-order valence-corrected chi connectivity index (χ1v) is 14.7. The summed E-state index contributed by atoms with van der Waals surface area (Å²) < 4.78 is 22.2. The van der Waals surface area contributed by atoms with Crippen molar-refractivity contribution in [3.05, 3.63) is 71.3 Å². The molecular weight excluding hydrogens is 448 g/mol. The summed E-state index contributed by atoms with van der Waals surface area (Å²) in [6.07, 6.45) is 1.25. The van der Waals surface area contributed by atoms with Crippen molar-refractivity contribution in [1.29, 1.82) is 0 Å². The second-order valence-electron chi connectivity index (χ2n) is 14.6. The molecule has 2 aromatic rings. The highest BCUT2D eigenvalue weighted by Gasteiger charge is 2.13. The van der Waals surface area contributed by atoms with Gasteiger partial charge in [0.05, 0.1) is 5.75 Å². The monoisotopic (exact) mass is 504 g/mol. The van der Waals surface area contributed by atoms with Gasteiger partial charge in [0, 0.05) is 6.26 Å². The highest BCUT2D eigenvalue weighted by Crippen LogP contribution is 2.22. The van der Waals surface area contributed by atoms with Gasteiger partial charge in [-0.2, -0.15) is 0 Å². The van der Waals surface area contributed by atoms with Gasteiger partial charge in [-0.25, -0.2) is 8.42 Å². The van der Waals surface area contributed by atoms with E-state index < -0.39 is 9.84 Å². The number of hydrogen-bond donors (Lipinski definition) is 0. The Morgan fingerprint density at radius 2 is 0.800 bits per heavy atom. The van der Waals surface area contributed by atoms with Gasteiger partial charge in [-0.1, -0.05) is 152 Å². The molecule has 0 aromatic heterocycles. The Morgan fingerprint density at radius 3 is 1.03 bits per heavy atom. The van der Waals surface area contributed by atoms with Gasteiger partial charge in [0.1, 0.15) is 0 Å². The van der Waals surface area contributed by atoms with Crippen LogP contribution in [0.15, 0.2) is 54.6 Å². The summed E-state index contributed by atoms with van der Waals surface area (Å²) in [5.41, 5.74) is 4.88. The maximum Gasteiger partial charge on any atom is 0.151 e. The minimum absolute atomic E-state index is 0.115. The summed E-state index contributed by atoms with van der Waals surface area (Å²) in [5.74, 6) is 0.122. The van der Waals surface area contributed by atoms with Crippen LogP contribution >= 0.6 is 0 Å². The van der Waals surface area contributed by atoms with E-state index in [9.17, 15) is 8.42 Å². The maximum atomic E-state index is 11.1. The van der Waals surface area contributed by atoms with E-state index in [1.807, 2.05) is 24.3 Å². The van der Waals surface area contributed by atoms with Gasteiger partial charge >= 0.3 is 0 Å². The summed E-state index contributed by atoms with van der Waals surface area (Å²) in [6.45, 7) is 30.6. The van der Waals surface area contributed by atoms with Crippen molar-refractivity contribution >= 4 is 9.84 Å². The van der Waals surface area contributed by atoms with Crippen molar-refractivity contribution in [3.8, 4) is 0 Å². The molecular formula is C32H56O2S. The van der Waals surface area contributed by atoms with Crippen molar-refractivity contribution in [3.63, 3.8) is 0 Å². The lowest BCUT2D eigenvalue weighted by Gasteiger charge is -2.19. The second-order valence-corrected chi connectivity index (χ2v) is 16.8. The normalized spacial score (nSPS) is 12.2. The van der Waals surface area contributed by atoms with Crippen LogP contribution in [0, 0.1) is 10.8 Å². The molecule has 0 saturated heterocycles. The highest BCUT2D eigenvalue weighted by atomic mass is 32.2. The molecule has 2 nitrogen and oxygen atoms in total. The van der Waals surface area contributed by atoms with Crippen molar-refractivity contribution in [2.75, 3.05) is 6.26 Å². The Hall–Kier alpha value is -1.61. The SMILES string of the molecule is CC(C)(C)C.CC(C)(C)C.CC(C)(C)c1ccc(CS(C)(=O)=O)cc1.CC(C)(C)c1ccccc1. The van der Waals surface area contributed by atoms with Crippen LogP contribution in [0.3, 0.4) is 0 Å². The molecule has 2 aromatic carbocycles. The van der Waals surface area contributed by atoms with Crippen LogP contribution in [0.5, 0.6) is 0 Å². The fourth-order valence-electron chi connectivity index (χ4n) is 2.34. The zero-order valence-corrected chi connectivity index (χ0v) is 26.4. The quantitative estimate of drug-likeness (QED) is 0.408. The zero-order valence-electron chi connectivity index (χ0n) is 25.6. The Balaban J connectivity index is 0. The summed E-state index contributed by atoms with van der Waals surface area (Å²) in [6, 6.07) is 18.3. The first kappa shape index (κ1) is 35.6. The molecule has 0 aliphatic rings. The molecule has 0 aliphatic carbocycles. The van der Waals surface area contributed by atoms with Crippen LogP contribution in [0.1, 0.15) is 114 Å². The van der Waals surface area contributed by atoms with E-state index in [1.54, 1.807) is 0 Å². The highest BCUT2D eigenvalue weighted by molar-refractivity contribution is 7.89. The van der Waals surface area contributed by atoms with E-state index in [0.29, 0.717) is 16.2 Å². The molecule has 35 heavy (non-hydrogen) atoms.